The predicted octanol–water partition coefficient (Wildman–Crippen LogP) is 1.06. The van der Waals surface area contributed by atoms with Crippen LogP contribution in [0.5, 0.6) is 5.75 Å². The highest BCUT2D eigenvalue weighted by Crippen LogP contribution is 2.10. The molecule has 0 aliphatic rings. The molecule has 8 nitrogen and oxygen atoms in total. The lowest BCUT2D eigenvalue weighted by Gasteiger charge is -2.20. The van der Waals surface area contributed by atoms with E-state index in [1.165, 1.54) is 4.90 Å². The summed E-state index contributed by atoms with van der Waals surface area (Å²) < 4.78 is 1.79. The fraction of sp³-hybridized carbons (Fsp3) is 0.222. The summed E-state index contributed by atoms with van der Waals surface area (Å²) in [6.07, 6.45) is 5.88. The average molecular weight is 353 g/mol. The fourth-order valence-electron chi connectivity index (χ4n) is 2.51. The minimum atomic E-state index is -0.421. The topological polar surface area (TPSA) is 104 Å². The molecule has 1 amide bonds. The Kier molecular flexibility index (Phi) is 5.55. The third-order valence-corrected chi connectivity index (χ3v) is 3.73. The highest BCUT2D eigenvalue weighted by Gasteiger charge is 2.19. The van der Waals surface area contributed by atoms with E-state index in [-0.39, 0.29) is 31.3 Å². The van der Waals surface area contributed by atoms with E-state index in [1.807, 2.05) is 36.5 Å². The van der Waals surface area contributed by atoms with Gasteiger partial charge in [0.25, 0.3) is 5.91 Å². The van der Waals surface area contributed by atoms with Crippen molar-refractivity contribution in [1.82, 2.24) is 24.6 Å². The quantitative estimate of drug-likeness (QED) is 0.658. The van der Waals surface area contributed by atoms with Crippen molar-refractivity contribution in [1.29, 1.82) is 0 Å². The van der Waals surface area contributed by atoms with Gasteiger partial charge >= 0.3 is 0 Å². The van der Waals surface area contributed by atoms with Crippen molar-refractivity contribution in [3.05, 3.63) is 72.1 Å². The highest BCUT2D eigenvalue weighted by molar-refractivity contribution is 5.90. The molecule has 2 aromatic heterocycles. The minimum absolute atomic E-state index is 0.0343. The zero-order valence-corrected chi connectivity index (χ0v) is 14.1. The number of nitrogens with zero attached hydrogens (tertiary/aromatic N) is 5. The van der Waals surface area contributed by atoms with Gasteiger partial charge in [-0.3, -0.25) is 9.48 Å². The van der Waals surface area contributed by atoms with Crippen LogP contribution in [-0.2, 0) is 13.1 Å². The SMILES string of the molecule is O=C(c1ncc(O)cn1)N(CCO)Cc1cnn(Cc2ccccc2)c1. The van der Waals surface area contributed by atoms with E-state index in [9.17, 15) is 15.0 Å². The third kappa shape index (κ3) is 4.42. The van der Waals surface area contributed by atoms with Gasteiger partial charge in [0.2, 0.25) is 5.82 Å². The number of carbonyl (C=O) groups is 1. The predicted molar refractivity (Wildman–Crippen MR) is 93.3 cm³/mol. The Morgan fingerprint density at radius 2 is 1.81 bits per heavy atom. The van der Waals surface area contributed by atoms with Crippen LogP contribution in [0.3, 0.4) is 0 Å². The smallest absolute Gasteiger partial charge is 0.292 e. The molecule has 0 spiro atoms. The van der Waals surface area contributed by atoms with Crippen molar-refractivity contribution >= 4 is 5.91 Å². The van der Waals surface area contributed by atoms with Crippen LogP contribution in [-0.4, -0.2) is 53.9 Å². The lowest BCUT2D eigenvalue weighted by molar-refractivity contribution is 0.0695. The van der Waals surface area contributed by atoms with E-state index in [0.717, 1.165) is 23.5 Å². The molecule has 0 fully saturated rings. The van der Waals surface area contributed by atoms with Crippen molar-refractivity contribution in [3.8, 4) is 5.75 Å². The highest BCUT2D eigenvalue weighted by atomic mass is 16.3. The van der Waals surface area contributed by atoms with Crippen molar-refractivity contribution in [3.63, 3.8) is 0 Å². The number of hydrogen-bond donors (Lipinski definition) is 2. The van der Waals surface area contributed by atoms with Crippen LogP contribution >= 0.6 is 0 Å². The first-order chi connectivity index (χ1) is 12.7. The minimum Gasteiger partial charge on any atom is -0.505 e. The number of aliphatic hydroxyl groups excluding tert-OH is 1. The molecule has 0 saturated heterocycles. The Morgan fingerprint density at radius 1 is 1.08 bits per heavy atom. The van der Waals surface area contributed by atoms with E-state index >= 15 is 0 Å². The van der Waals surface area contributed by atoms with Gasteiger partial charge in [-0.1, -0.05) is 30.3 Å². The van der Waals surface area contributed by atoms with Gasteiger partial charge in [-0.05, 0) is 5.56 Å². The molecule has 0 aliphatic carbocycles. The second-order valence-corrected chi connectivity index (χ2v) is 5.75. The molecule has 3 aromatic rings. The van der Waals surface area contributed by atoms with Crippen LogP contribution in [0.2, 0.25) is 0 Å². The van der Waals surface area contributed by atoms with Crippen molar-refractivity contribution in [2.45, 2.75) is 13.1 Å². The van der Waals surface area contributed by atoms with Gasteiger partial charge in [-0.2, -0.15) is 5.10 Å². The lowest BCUT2D eigenvalue weighted by Crippen LogP contribution is -2.34. The second-order valence-electron chi connectivity index (χ2n) is 5.75. The van der Waals surface area contributed by atoms with Gasteiger partial charge < -0.3 is 15.1 Å². The van der Waals surface area contributed by atoms with Gasteiger partial charge in [-0.25, -0.2) is 9.97 Å². The first-order valence-electron chi connectivity index (χ1n) is 8.12. The number of aromatic hydroxyl groups is 1. The van der Waals surface area contributed by atoms with E-state index < -0.39 is 5.91 Å². The standard InChI is InChI=1S/C18H19N5O3/c24-7-6-22(18(26)17-19-9-16(25)10-20-17)11-15-8-21-23(13-15)12-14-4-2-1-3-5-14/h1-5,8-10,13,24-25H,6-7,11-12H2. The molecule has 0 unspecified atom stereocenters. The van der Waals surface area contributed by atoms with Gasteiger partial charge in [0, 0.05) is 24.8 Å². The molecule has 8 heteroatoms. The molecular weight excluding hydrogens is 334 g/mol. The Morgan fingerprint density at radius 3 is 2.50 bits per heavy atom. The Balaban J connectivity index is 1.70. The molecular formula is C18H19N5O3. The van der Waals surface area contributed by atoms with Gasteiger partial charge in [0.05, 0.1) is 31.7 Å². The normalized spacial score (nSPS) is 10.7. The summed E-state index contributed by atoms with van der Waals surface area (Å²) in [5.74, 6) is -0.569. The summed E-state index contributed by atoms with van der Waals surface area (Å²) in [4.78, 5) is 21.6. The molecule has 3 rings (SSSR count). The van der Waals surface area contributed by atoms with Crippen molar-refractivity contribution in [2.24, 2.45) is 0 Å². The molecule has 0 aliphatic heterocycles. The van der Waals surface area contributed by atoms with Crippen LogP contribution in [0.25, 0.3) is 0 Å². The maximum atomic E-state index is 12.5. The number of carbonyl (C=O) groups excluding carboxylic acids is 1. The van der Waals surface area contributed by atoms with Gasteiger partial charge in [0.15, 0.2) is 5.75 Å². The number of aromatic nitrogens is 4. The van der Waals surface area contributed by atoms with Crippen LogP contribution in [0.4, 0.5) is 0 Å². The van der Waals surface area contributed by atoms with Crippen LogP contribution in [0, 0.1) is 0 Å². The average Bonchev–Trinajstić information content (AvgIpc) is 3.09. The molecule has 2 heterocycles. The van der Waals surface area contributed by atoms with E-state index in [4.69, 9.17) is 0 Å². The number of amides is 1. The van der Waals surface area contributed by atoms with Crippen LogP contribution < -0.4 is 0 Å². The Hall–Kier alpha value is -3.26. The molecule has 0 bridgehead atoms. The molecule has 1 aromatic carbocycles. The largest absolute Gasteiger partial charge is 0.505 e. The van der Waals surface area contributed by atoms with Crippen molar-refractivity contribution in [2.75, 3.05) is 13.2 Å². The van der Waals surface area contributed by atoms with Crippen LogP contribution in [0.1, 0.15) is 21.7 Å². The van der Waals surface area contributed by atoms with Crippen molar-refractivity contribution < 1.29 is 15.0 Å². The molecule has 26 heavy (non-hydrogen) atoms. The van der Waals surface area contributed by atoms with E-state index in [1.54, 1.807) is 10.9 Å². The summed E-state index contributed by atoms with van der Waals surface area (Å²) >= 11 is 0. The molecule has 134 valence electrons. The molecule has 0 atom stereocenters. The maximum Gasteiger partial charge on any atom is 0.292 e. The van der Waals surface area contributed by atoms with Gasteiger partial charge in [0.1, 0.15) is 0 Å². The summed E-state index contributed by atoms with van der Waals surface area (Å²) in [7, 11) is 0. The monoisotopic (exact) mass is 353 g/mol. The zero-order chi connectivity index (χ0) is 18.4. The second kappa shape index (κ2) is 8.21. The number of benzene rings is 1. The Labute approximate surface area is 150 Å². The summed E-state index contributed by atoms with van der Waals surface area (Å²) in [6.45, 7) is 0.878. The third-order valence-electron chi connectivity index (χ3n) is 3.73. The van der Waals surface area contributed by atoms with Crippen LogP contribution in [0.15, 0.2) is 55.1 Å². The number of aliphatic hydroxyl groups is 1. The first-order valence-corrected chi connectivity index (χ1v) is 8.12. The molecule has 0 saturated carbocycles. The fourth-order valence-corrected chi connectivity index (χ4v) is 2.51. The number of rotatable bonds is 7. The summed E-state index contributed by atoms with van der Waals surface area (Å²) in [5, 5.41) is 22.8. The lowest BCUT2D eigenvalue weighted by atomic mass is 10.2. The Bertz CT molecular complexity index is 849. The maximum absolute atomic E-state index is 12.5. The van der Waals surface area contributed by atoms with E-state index in [2.05, 4.69) is 15.1 Å². The first kappa shape index (κ1) is 17.6. The molecule has 0 radical (unpaired) electrons. The van der Waals surface area contributed by atoms with Gasteiger partial charge in [-0.15, -0.1) is 0 Å². The summed E-state index contributed by atoms with van der Waals surface area (Å²) in [5.41, 5.74) is 1.96. The van der Waals surface area contributed by atoms with E-state index in [0.29, 0.717) is 6.54 Å². The summed E-state index contributed by atoms with van der Waals surface area (Å²) in [6, 6.07) is 9.94. The molecule has 2 N–H and O–H groups in total. The number of hydrogen-bond acceptors (Lipinski definition) is 6. The zero-order valence-electron chi connectivity index (χ0n) is 14.1.